The standard InChI is InChI=1S/C20H26O2/c1-5-6-7-8-9-10-16-15(4)19(21)17-11-13(2)14(3)12-18(17)20(16)22/h11-12H,5-10H2,1-4H3. The molecule has 0 bridgehead atoms. The molecule has 0 unspecified atom stereocenters. The number of Topliss-reactive ketones (excluding diaryl/α,β-unsaturated/α-hetero) is 2. The Morgan fingerprint density at radius 1 is 0.773 bits per heavy atom. The molecule has 0 aromatic heterocycles. The van der Waals surface area contributed by atoms with Gasteiger partial charge in [0.2, 0.25) is 0 Å². The number of carbonyl (C=O) groups excluding carboxylic acids is 2. The summed E-state index contributed by atoms with van der Waals surface area (Å²) in [6.07, 6.45) is 6.52. The number of benzene rings is 1. The SMILES string of the molecule is CCCCCCCC1=C(C)C(=O)c2cc(C)c(C)cc2C1=O. The number of hydrogen-bond donors (Lipinski definition) is 0. The summed E-state index contributed by atoms with van der Waals surface area (Å²) in [6.45, 7) is 7.97. The molecular weight excluding hydrogens is 272 g/mol. The van der Waals surface area contributed by atoms with Crippen LogP contribution in [0.4, 0.5) is 0 Å². The third kappa shape index (κ3) is 3.21. The molecule has 1 aromatic rings. The van der Waals surface area contributed by atoms with Crippen LogP contribution < -0.4 is 0 Å². The normalized spacial score (nSPS) is 14.5. The third-order valence-corrected chi connectivity index (χ3v) is 4.72. The van der Waals surface area contributed by atoms with Crippen LogP contribution in [-0.2, 0) is 0 Å². The van der Waals surface area contributed by atoms with Crippen molar-refractivity contribution in [2.45, 2.75) is 66.2 Å². The van der Waals surface area contributed by atoms with E-state index < -0.39 is 0 Å². The molecule has 2 nitrogen and oxygen atoms in total. The fourth-order valence-corrected chi connectivity index (χ4v) is 3.07. The van der Waals surface area contributed by atoms with Crippen LogP contribution >= 0.6 is 0 Å². The monoisotopic (exact) mass is 298 g/mol. The van der Waals surface area contributed by atoms with Crippen LogP contribution in [0.1, 0.15) is 84.2 Å². The lowest BCUT2D eigenvalue weighted by Gasteiger charge is -2.20. The van der Waals surface area contributed by atoms with Crippen LogP contribution in [0.2, 0.25) is 0 Å². The average Bonchev–Trinajstić information content (AvgIpc) is 2.50. The molecule has 0 heterocycles. The Morgan fingerprint density at radius 2 is 1.32 bits per heavy atom. The molecule has 118 valence electrons. The molecule has 0 spiro atoms. The number of carbonyl (C=O) groups is 2. The molecule has 0 aliphatic heterocycles. The van der Waals surface area contributed by atoms with Gasteiger partial charge in [0.05, 0.1) is 0 Å². The number of unbranched alkanes of at least 4 members (excludes halogenated alkanes) is 4. The molecule has 1 aliphatic rings. The highest BCUT2D eigenvalue weighted by molar-refractivity contribution is 6.26. The van der Waals surface area contributed by atoms with Crippen molar-refractivity contribution < 1.29 is 9.59 Å². The Balaban J connectivity index is 2.22. The first kappa shape index (κ1) is 16.7. The third-order valence-electron chi connectivity index (χ3n) is 4.72. The molecule has 2 rings (SSSR count). The van der Waals surface area contributed by atoms with E-state index in [0.717, 1.165) is 36.0 Å². The summed E-state index contributed by atoms with van der Waals surface area (Å²) < 4.78 is 0. The van der Waals surface area contributed by atoms with Crippen molar-refractivity contribution in [2.24, 2.45) is 0 Å². The fraction of sp³-hybridized carbons (Fsp3) is 0.500. The van der Waals surface area contributed by atoms with Gasteiger partial charge in [0.15, 0.2) is 11.6 Å². The lowest BCUT2D eigenvalue weighted by molar-refractivity contribution is 0.0971. The second-order valence-electron chi connectivity index (χ2n) is 6.41. The van der Waals surface area contributed by atoms with Gasteiger partial charge >= 0.3 is 0 Å². The Labute approximate surface area is 133 Å². The summed E-state index contributed by atoms with van der Waals surface area (Å²) >= 11 is 0. The van der Waals surface area contributed by atoms with E-state index >= 15 is 0 Å². The maximum atomic E-state index is 12.7. The zero-order valence-corrected chi connectivity index (χ0v) is 14.2. The van der Waals surface area contributed by atoms with Gasteiger partial charge in [0.25, 0.3) is 0 Å². The zero-order valence-electron chi connectivity index (χ0n) is 14.2. The molecule has 2 heteroatoms. The van der Waals surface area contributed by atoms with Gasteiger partial charge in [-0.3, -0.25) is 9.59 Å². The molecule has 22 heavy (non-hydrogen) atoms. The van der Waals surface area contributed by atoms with Gasteiger partial charge in [0, 0.05) is 22.3 Å². The fourth-order valence-electron chi connectivity index (χ4n) is 3.07. The van der Waals surface area contributed by atoms with E-state index in [-0.39, 0.29) is 11.6 Å². The van der Waals surface area contributed by atoms with Crippen LogP contribution in [0.15, 0.2) is 23.3 Å². The van der Waals surface area contributed by atoms with Crippen LogP contribution in [-0.4, -0.2) is 11.6 Å². The minimum absolute atomic E-state index is 0.0289. The van der Waals surface area contributed by atoms with Gasteiger partial charge in [-0.2, -0.15) is 0 Å². The van der Waals surface area contributed by atoms with E-state index in [2.05, 4.69) is 6.92 Å². The van der Waals surface area contributed by atoms with E-state index in [4.69, 9.17) is 0 Å². The molecular formula is C20H26O2. The predicted molar refractivity (Wildman–Crippen MR) is 90.7 cm³/mol. The lowest BCUT2D eigenvalue weighted by atomic mass is 9.81. The highest BCUT2D eigenvalue weighted by atomic mass is 16.1. The minimum Gasteiger partial charge on any atom is -0.289 e. The lowest BCUT2D eigenvalue weighted by Crippen LogP contribution is -2.21. The van der Waals surface area contributed by atoms with Crippen molar-refractivity contribution >= 4 is 11.6 Å². The van der Waals surface area contributed by atoms with Gasteiger partial charge in [-0.1, -0.05) is 32.6 Å². The number of ketones is 2. The summed E-state index contributed by atoms with van der Waals surface area (Å²) in [5, 5.41) is 0. The van der Waals surface area contributed by atoms with Crippen LogP contribution in [0, 0.1) is 13.8 Å². The Morgan fingerprint density at radius 3 is 1.91 bits per heavy atom. The van der Waals surface area contributed by atoms with E-state index in [1.807, 2.05) is 26.0 Å². The second-order valence-corrected chi connectivity index (χ2v) is 6.41. The molecule has 0 amide bonds. The summed E-state index contributed by atoms with van der Waals surface area (Å²) in [7, 11) is 0. The number of allylic oxidation sites excluding steroid dienone is 2. The number of hydrogen-bond acceptors (Lipinski definition) is 2. The van der Waals surface area contributed by atoms with Gasteiger partial charge in [-0.15, -0.1) is 0 Å². The zero-order chi connectivity index (χ0) is 16.3. The van der Waals surface area contributed by atoms with Crippen LogP contribution in [0.3, 0.4) is 0 Å². The minimum atomic E-state index is 0.0289. The number of aryl methyl sites for hydroxylation is 2. The Bertz CT molecular complexity index is 635. The smallest absolute Gasteiger partial charge is 0.190 e. The molecule has 1 aromatic carbocycles. The summed E-state index contributed by atoms with van der Waals surface area (Å²) in [4.78, 5) is 25.3. The van der Waals surface area contributed by atoms with Gasteiger partial charge in [0.1, 0.15) is 0 Å². The maximum absolute atomic E-state index is 12.7. The van der Waals surface area contributed by atoms with Crippen molar-refractivity contribution in [3.05, 3.63) is 45.5 Å². The van der Waals surface area contributed by atoms with Crippen LogP contribution in [0.5, 0.6) is 0 Å². The molecule has 0 fully saturated rings. The molecule has 0 atom stereocenters. The van der Waals surface area contributed by atoms with Gasteiger partial charge in [-0.05, 0) is 56.9 Å². The summed E-state index contributed by atoms with van der Waals surface area (Å²) in [6, 6.07) is 3.75. The van der Waals surface area contributed by atoms with Gasteiger partial charge in [-0.25, -0.2) is 0 Å². The van der Waals surface area contributed by atoms with E-state index in [1.54, 1.807) is 6.92 Å². The van der Waals surface area contributed by atoms with Gasteiger partial charge < -0.3 is 0 Å². The average molecular weight is 298 g/mol. The van der Waals surface area contributed by atoms with Crippen molar-refractivity contribution in [2.75, 3.05) is 0 Å². The number of fused-ring (bicyclic) bond motifs is 1. The molecule has 0 saturated carbocycles. The predicted octanol–water partition coefficient (Wildman–Crippen LogP) is 5.36. The topological polar surface area (TPSA) is 34.1 Å². The first-order chi connectivity index (χ1) is 10.5. The highest BCUT2D eigenvalue weighted by Crippen LogP contribution is 2.31. The van der Waals surface area contributed by atoms with Crippen LogP contribution in [0.25, 0.3) is 0 Å². The number of rotatable bonds is 6. The first-order valence-electron chi connectivity index (χ1n) is 8.37. The summed E-state index contributed by atoms with van der Waals surface area (Å²) in [5.74, 6) is 0.0898. The molecule has 0 radical (unpaired) electrons. The van der Waals surface area contributed by atoms with E-state index in [0.29, 0.717) is 16.7 Å². The van der Waals surface area contributed by atoms with E-state index in [1.165, 1.54) is 19.3 Å². The first-order valence-corrected chi connectivity index (χ1v) is 8.37. The largest absolute Gasteiger partial charge is 0.289 e. The quantitative estimate of drug-likeness (QED) is 0.662. The highest BCUT2D eigenvalue weighted by Gasteiger charge is 2.29. The summed E-state index contributed by atoms with van der Waals surface area (Å²) in [5.41, 5.74) is 4.70. The molecule has 1 aliphatic carbocycles. The Kier molecular flexibility index (Phi) is 5.33. The van der Waals surface area contributed by atoms with Crippen molar-refractivity contribution in [1.29, 1.82) is 0 Å². The molecule has 0 saturated heterocycles. The molecule has 0 N–H and O–H groups in total. The maximum Gasteiger partial charge on any atom is 0.190 e. The Hall–Kier alpha value is -1.70. The van der Waals surface area contributed by atoms with Crippen molar-refractivity contribution in [3.8, 4) is 0 Å². The second kappa shape index (κ2) is 7.04. The van der Waals surface area contributed by atoms with Crippen molar-refractivity contribution in [1.82, 2.24) is 0 Å². The van der Waals surface area contributed by atoms with E-state index in [9.17, 15) is 9.59 Å². The van der Waals surface area contributed by atoms with Crippen molar-refractivity contribution in [3.63, 3.8) is 0 Å².